The molecule has 1 saturated carbocycles. The van der Waals surface area contributed by atoms with Crippen LogP contribution in [0.25, 0.3) is 0 Å². The van der Waals surface area contributed by atoms with Gasteiger partial charge in [0.1, 0.15) is 36.1 Å². The van der Waals surface area contributed by atoms with Crippen LogP contribution in [0, 0.1) is 12.7 Å². The van der Waals surface area contributed by atoms with Crippen molar-refractivity contribution in [3.05, 3.63) is 59.9 Å². The molecule has 0 saturated heterocycles. The Hall–Kier alpha value is -2.11. The van der Waals surface area contributed by atoms with Crippen LogP contribution in [0.5, 0.6) is 11.5 Å². The number of nitrogens with one attached hydrogen (secondary N) is 1. The lowest BCUT2D eigenvalue weighted by Crippen LogP contribution is -2.51. The van der Waals surface area contributed by atoms with E-state index in [9.17, 15) is 9.50 Å². The van der Waals surface area contributed by atoms with E-state index in [2.05, 4.69) is 5.32 Å². The molecule has 0 unspecified atom stereocenters. The summed E-state index contributed by atoms with van der Waals surface area (Å²) < 4.78 is 24.7. The monoisotopic (exact) mass is 359 g/mol. The van der Waals surface area contributed by atoms with E-state index in [1.807, 2.05) is 31.2 Å². The van der Waals surface area contributed by atoms with Gasteiger partial charge >= 0.3 is 0 Å². The first-order valence-electron chi connectivity index (χ1n) is 9.15. The molecular formula is C21H26FNO3. The van der Waals surface area contributed by atoms with Gasteiger partial charge in [-0.05, 0) is 49.9 Å². The zero-order valence-corrected chi connectivity index (χ0v) is 15.0. The Morgan fingerprint density at radius 2 is 2.00 bits per heavy atom. The SMILES string of the molecule is Cc1ccccc1O[C@@H]1CCC[C@H](NCCOc2cccc(F)c2)[C@H]1O. The van der Waals surface area contributed by atoms with E-state index < -0.39 is 6.10 Å². The van der Waals surface area contributed by atoms with Crippen LogP contribution < -0.4 is 14.8 Å². The number of aliphatic hydroxyl groups excluding tert-OH is 1. The van der Waals surface area contributed by atoms with Gasteiger partial charge in [-0.3, -0.25) is 0 Å². The molecule has 0 spiro atoms. The van der Waals surface area contributed by atoms with Crippen molar-refractivity contribution in [2.45, 2.75) is 44.4 Å². The van der Waals surface area contributed by atoms with Crippen LogP contribution >= 0.6 is 0 Å². The van der Waals surface area contributed by atoms with Crippen LogP contribution in [0.4, 0.5) is 4.39 Å². The second-order valence-corrected chi connectivity index (χ2v) is 6.71. The first kappa shape index (κ1) is 18.7. The normalized spacial score (nSPS) is 22.8. The molecule has 0 amide bonds. The van der Waals surface area contributed by atoms with Crippen molar-refractivity contribution >= 4 is 0 Å². The van der Waals surface area contributed by atoms with Gasteiger partial charge in [-0.15, -0.1) is 0 Å². The van der Waals surface area contributed by atoms with Gasteiger partial charge in [0.05, 0.1) is 0 Å². The van der Waals surface area contributed by atoms with Gasteiger partial charge in [0.15, 0.2) is 0 Å². The van der Waals surface area contributed by atoms with E-state index in [4.69, 9.17) is 9.47 Å². The van der Waals surface area contributed by atoms with E-state index in [0.29, 0.717) is 18.9 Å². The highest BCUT2D eigenvalue weighted by Crippen LogP contribution is 2.26. The molecule has 0 aromatic heterocycles. The molecule has 4 nitrogen and oxygen atoms in total. The fourth-order valence-corrected chi connectivity index (χ4v) is 3.31. The third-order valence-corrected chi connectivity index (χ3v) is 4.74. The van der Waals surface area contributed by atoms with E-state index in [0.717, 1.165) is 30.6 Å². The predicted molar refractivity (Wildman–Crippen MR) is 99.1 cm³/mol. The molecule has 0 heterocycles. The Kier molecular flexibility index (Phi) is 6.47. The van der Waals surface area contributed by atoms with Crippen LogP contribution in [0.15, 0.2) is 48.5 Å². The lowest BCUT2D eigenvalue weighted by Gasteiger charge is -2.35. The van der Waals surface area contributed by atoms with E-state index in [1.54, 1.807) is 12.1 Å². The highest BCUT2D eigenvalue weighted by atomic mass is 19.1. The minimum atomic E-state index is -0.572. The Balaban J connectivity index is 1.47. The number of hydrogen-bond acceptors (Lipinski definition) is 4. The third kappa shape index (κ3) is 4.96. The zero-order valence-electron chi connectivity index (χ0n) is 15.0. The van der Waals surface area contributed by atoms with Crippen molar-refractivity contribution in [3.63, 3.8) is 0 Å². The van der Waals surface area contributed by atoms with Crippen molar-refractivity contribution in [3.8, 4) is 11.5 Å². The number of benzene rings is 2. The zero-order chi connectivity index (χ0) is 18.4. The molecule has 1 aliphatic carbocycles. The first-order chi connectivity index (χ1) is 12.6. The smallest absolute Gasteiger partial charge is 0.126 e. The van der Waals surface area contributed by atoms with E-state index >= 15 is 0 Å². The summed E-state index contributed by atoms with van der Waals surface area (Å²) in [5.74, 6) is 1.03. The van der Waals surface area contributed by atoms with Crippen molar-refractivity contribution in [1.29, 1.82) is 0 Å². The molecule has 5 heteroatoms. The molecule has 0 radical (unpaired) electrons. The molecule has 2 N–H and O–H groups in total. The second kappa shape index (κ2) is 9.01. The fourth-order valence-electron chi connectivity index (χ4n) is 3.31. The topological polar surface area (TPSA) is 50.7 Å². The van der Waals surface area contributed by atoms with Crippen molar-refractivity contribution < 1.29 is 19.0 Å². The van der Waals surface area contributed by atoms with Crippen LogP contribution in [0.1, 0.15) is 24.8 Å². The summed E-state index contributed by atoms with van der Waals surface area (Å²) in [4.78, 5) is 0. The van der Waals surface area contributed by atoms with Crippen molar-refractivity contribution in [2.24, 2.45) is 0 Å². The molecule has 2 aromatic carbocycles. The summed E-state index contributed by atoms with van der Waals surface area (Å²) in [7, 11) is 0. The number of ether oxygens (including phenoxy) is 2. The molecule has 0 aliphatic heterocycles. The minimum absolute atomic E-state index is 0.0334. The first-order valence-corrected chi connectivity index (χ1v) is 9.15. The highest BCUT2D eigenvalue weighted by molar-refractivity contribution is 5.32. The van der Waals surface area contributed by atoms with Gasteiger partial charge < -0.3 is 19.9 Å². The number of halogens is 1. The highest BCUT2D eigenvalue weighted by Gasteiger charge is 2.33. The Morgan fingerprint density at radius 1 is 1.15 bits per heavy atom. The van der Waals surface area contributed by atoms with Gasteiger partial charge in [-0.25, -0.2) is 4.39 Å². The van der Waals surface area contributed by atoms with Crippen LogP contribution in [0.2, 0.25) is 0 Å². The van der Waals surface area contributed by atoms with Crippen molar-refractivity contribution in [1.82, 2.24) is 5.32 Å². The lowest BCUT2D eigenvalue weighted by atomic mass is 9.90. The number of aryl methyl sites for hydroxylation is 1. The molecule has 3 atom stereocenters. The Labute approximate surface area is 154 Å². The third-order valence-electron chi connectivity index (χ3n) is 4.74. The number of rotatable bonds is 7. The number of aliphatic hydroxyl groups is 1. The summed E-state index contributed by atoms with van der Waals surface area (Å²) in [6.07, 6.45) is 1.95. The molecule has 140 valence electrons. The van der Waals surface area contributed by atoms with Gasteiger partial charge in [-0.2, -0.15) is 0 Å². The number of hydrogen-bond donors (Lipinski definition) is 2. The van der Waals surface area contributed by atoms with E-state index in [1.165, 1.54) is 12.1 Å². The maximum absolute atomic E-state index is 13.1. The van der Waals surface area contributed by atoms with Gasteiger partial charge in [0, 0.05) is 18.7 Å². The van der Waals surface area contributed by atoms with Gasteiger partial charge in [0.2, 0.25) is 0 Å². The van der Waals surface area contributed by atoms with Crippen LogP contribution in [-0.2, 0) is 0 Å². The Morgan fingerprint density at radius 3 is 2.81 bits per heavy atom. The fraction of sp³-hybridized carbons (Fsp3) is 0.429. The average Bonchev–Trinajstić information content (AvgIpc) is 2.63. The molecule has 26 heavy (non-hydrogen) atoms. The van der Waals surface area contributed by atoms with Gasteiger partial charge in [0.25, 0.3) is 0 Å². The number of para-hydroxylation sites is 1. The molecule has 1 aliphatic rings. The summed E-state index contributed by atoms with van der Waals surface area (Å²) in [6.45, 7) is 3.00. The van der Waals surface area contributed by atoms with Gasteiger partial charge in [-0.1, -0.05) is 24.3 Å². The predicted octanol–water partition coefficient (Wildman–Crippen LogP) is 3.46. The average molecular weight is 359 g/mol. The molecule has 2 aromatic rings. The quantitative estimate of drug-likeness (QED) is 0.744. The van der Waals surface area contributed by atoms with E-state index in [-0.39, 0.29) is 18.0 Å². The summed E-state index contributed by atoms with van der Waals surface area (Å²) in [5.41, 5.74) is 1.07. The summed E-state index contributed by atoms with van der Waals surface area (Å²) in [6, 6.07) is 13.9. The van der Waals surface area contributed by atoms with Crippen molar-refractivity contribution in [2.75, 3.05) is 13.2 Å². The largest absolute Gasteiger partial charge is 0.492 e. The standard InChI is InChI=1S/C21H26FNO3/c1-15-6-2-3-10-19(15)26-20-11-5-9-18(21(20)24)23-12-13-25-17-8-4-7-16(22)14-17/h2-4,6-8,10,14,18,20-21,23-24H,5,9,11-13H2,1H3/t18-,20+,21+/m0/s1. The minimum Gasteiger partial charge on any atom is -0.492 e. The molecule has 3 rings (SSSR count). The molecular weight excluding hydrogens is 333 g/mol. The lowest BCUT2D eigenvalue weighted by molar-refractivity contribution is -0.0161. The van der Waals surface area contributed by atoms with Crippen LogP contribution in [0.3, 0.4) is 0 Å². The Bertz CT molecular complexity index is 709. The maximum Gasteiger partial charge on any atom is 0.126 e. The summed E-state index contributed by atoms with van der Waals surface area (Å²) >= 11 is 0. The van der Waals surface area contributed by atoms with Crippen LogP contribution in [-0.4, -0.2) is 36.5 Å². The maximum atomic E-state index is 13.1. The summed E-state index contributed by atoms with van der Waals surface area (Å²) in [5, 5.41) is 14.0. The molecule has 1 fully saturated rings. The molecule has 0 bridgehead atoms. The second-order valence-electron chi connectivity index (χ2n) is 6.71.